The van der Waals surface area contributed by atoms with Crippen molar-refractivity contribution in [3.05, 3.63) is 36.4 Å². The fourth-order valence-electron chi connectivity index (χ4n) is 2.48. The minimum absolute atomic E-state index is 0.0778. The zero-order valence-corrected chi connectivity index (χ0v) is 13.8. The SMILES string of the molecule is [NH2+]=C(Cl)/C=C\c1ncc(-c2ccnc(N3CCNC(=O)CC3)c2)[nH]1. The Morgan fingerprint density at radius 2 is 2.25 bits per heavy atom. The van der Waals surface area contributed by atoms with Crippen molar-refractivity contribution in [3.63, 3.8) is 0 Å². The number of hydrogen-bond donors (Lipinski definition) is 3. The fraction of sp³-hybridized carbons (Fsp3) is 0.250. The van der Waals surface area contributed by atoms with Crippen LogP contribution in [0.15, 0.2) is 30.6 Å². The van der Waals surface area contributed by atoms with E-state index in [2.05, 4.69) is 25.2 Å². The van der Waals surface area contributed by atoms with Gasteiger partial charge in [-0.15, -0.1) is 0 Å². The molecule has 7 nitrogen and oxygen atoms in total. The summed E-state index contributed by atoms with van der Waals surface area (Å²) in [5.41, 5.74) is 1.84. The van der Waals surface area contributed by atoms with Gasteiger partial charge in [-0.1, -0.05) is 0 Å². The van der Waals surface area contributed by atoms with Crippen molar-refractivity contribution < 1.29 is 10.2 Å². The number of nitrogens with zero attached hydrogens (tertiary/aromatic N) is 3. The van der Waals surface area contributed by atoms with Crippen LogP contribution in [-0.4, -0.2) is 45.7 Å². The number of hydrogen-bond acceptors (Lipinski definition) is 4. The summed E-state index contributed by atoms with van der Waals surface area (Å²) in [6.07, 6.45) is 7.26. The maximum absolute atomic E-state index is 11.5. The van der Waals surface area contributed by atoms with Crippen LogP contribution in [0.1, 0.15) is 12.2 Å². The summed E-state index contributed by atoms with van der Waals surface area (Å²) >= 11 is 5.60. The molecule has 2 aromatic heterocycles. The van der Waals surface area contributed by atoms with Gasteiger partial charge in [0.1, 0.15) is 11.6 Å². The molecular weight excluding hydrogens is 328 g/mol. The number of carbonyl (C=O) groups is 1. The van der Waals surface area contributed by atoms with Crippen LogP contribution in [0.2, 0.25) is 0 Å². The molecule has 0 bridgehead atoms. The molecule has 0 atom stereocenters. The van der Waals surface area contributed by atoms with Crippen molar-refractivity contribution >= 4 is 34.6 Å². The predicted octanol–water partition coefficient (Wildman–Crippen LogP) is 0.208. The van der Waals surface area contributed by atoms with Crippen molar-refractivity contribution in [2.24, 2.45) is 0 Å². The first-order valence-corrected chi connectivity index (χ1v) is 7.99. The first-order valence-electron chi connectivity index (χ1n) is 7.61. The van der Waals surface area contributed by atoms with E-state index < -0.39 is 0 Å². The number of amides is 1. The maximum atomic E-state index is 11.5. The molecule has 0 spiro atoms. The second kappa shape index (κ2) is 7.27. The van der Waals surface area contributed by atoms with E-state index in [1.807, 2.05) is 12.1 Å². The third-order valence-corrected chi connectivity index (χ3v) is 3.82. The second-order valence-corrected chi connectivity index (χ2v) is 5.83. The largest absolute Gasteiger partial charge is 0.354 e. The van der Waals surface area contributed by atoms with Crippen LogP contribution in [0.3, 0.4) is 0 Å². The lowest BCUT2D eigenvalue weighted by Gasteiger charge is -2.20. The highest BCUT2D eigenvalue weighted by Gasteiger charge is 2.15. The van der Waals surface area contributed by atoms with Gasteiger partial charge >= 0.3 is 0 Å². The van der Waals surface area contributed by atoms with Crippen molar-refractivity contribution in [2.45, 2.75) is 6.42 Å². The van der Waals surface area contributed by atoms with Gasteiger partial charge in [-0.25, -0.2) is 15.4 Å². The monoisotopic (exact) mass is 345 g/mol. The standard InChI is InChI=1S/C16H17ClN6O/c17-13(18)1-2-14-21-10-12(22-14)11-3-5-19-15(9-11)23-7-4-16(24)20-6-8-23/h1-3,5,9-10,18H,4,6-8H2,(H,20,24)(H,21,22)/p+1/b2-1-,18-13?. The molecular formula is C16H18ClN6O+. The normalized spacial score (nSPS) is 15.4. The minimum atomic E-state index is 0.0778. The molecule has 1 fully saturated rings. The third-order valence-electron chi connectivity index (χ3n) is 3.69. The van der Waals surface area contributed by atoms with Gasteiger partial charge in [0.15, 0.2) is 0 Å². The van der Waals surface area contributed by atoms with E-state index >= 15 is 0 Å². The molecule has 0 aliphatic carbocycles. The summed E-state index contributed by atoms with van der Waals surface area (Å²) in [6.45, 7) is 2.02. The molecule has 8 heteroatoms. The number of allylic oxidation sites excluding steroid dienone is 1. The van der Waals surface area contributed by atoms with E-state index in [0.717, 1.165) is 23.6 Å². The topological polar surface area (TPSA) is 99.5 Å². The first-order chi connectivity index (χ1) is 11.6. The lowest BCUT2D eigenvalue weighted by atomic mass is 10.2. The number of anilines is 1. The molecule has 3 heterocycles. The minimum Gasteiger partial charge on any atom is -0.354 e. The van der Waals surface area contributed by atoms with Gasteiger partial charge in [0.05, 0.1) is 11.9 Å². The first kappa shape index (κ1) is 16.2. The quantitative estimate of drug-likeness (QED) is 0.690. The summed E-state index contributed by atoms with van der Waals surface area (Å²) < 4.78 is 0. The number of nitrogens with two attached hydrogens (primary N) is 1. The third kappa shape index (κ3) is 3.99. The Morgan fingerprint density at radius 1 is 1.38 bits per heavy atom. The van der Waals surface area contributed by atoms with Crippen LogP contribution < -0.4 is 15.6 Å². The number of halogens is 1. The Bertz CT molecular complexity index is 784. The number of pyridine rings is 1. The summed E-state index contributed by atoms with van der Waals surface area (Å²) in [6, 6.07) is 3.90. The molecule has 124 valence electrons. The van der Waals surface area contributed by atoms with Gasteiger partial charge < -0.3 is 15.2 Å². The van der Waals surface area contributed by atoms with Crippen LogP contribution in [0, 0.1) is 0 Å². The highest BCUT2D eigenvalue weighted by atomic mass is 35.5. The van der Waals surface area contributed by atoms with Gasteiger partial charge in [0.25, 0.3) is 5.17 Å². The molecule has 1 aliphatic heterocycles. The number of rotatable bonds is 4. The summed E-state index contributed by atoms with van der Waals surface area (Å²) in [4.78, 5) is 25.5. The molecule has 1 saturated heterocycles. The zero-order chi connectivity index (χ0) is 16.9. The number of nitrogens with one attached hydrogen (secondary N) is 2. The molecule has 0 aromatic carbocycles. The van der Waals surface area contributed by atoms with Crippen LogP contribution in [0.4, 0.5) is 5.82 Å². The number of H-pyrrole nitrogens is 1. The number of aromatic nitrogens is 3. The van der Waals surface area contributed by atoms with Gasteiger partial charge in [-0.2, -0.15) is 0 Å². The Balaban J connectivity index is 1.80. The Morgan fingerprint density at radius 3 is 3.08 bits per heavy atom. The van der Waals surface area contributed by atoms with Crippen LogP contribution in [0.25, 0.3) is 17.3 Å². The Kier molecular flexibility index (Phi) is 4.90. The van der Waals surface area contributed by atoms with Crippen LogP contribution >= 0.6 is 11.6 Å². The molecule has 0 unspecified atom stereocenters. The second-order valence-electron chi connectivity index (χ2n) is 5.39. The predicted molar refractivity (Wildman–Crippen MR) is 93.5 cm³/mol. The van der Waals surface area contributed by atoms with E-state index in [1.165, 1.54) is 0 Å². The van der Waals surface area contributed by atoms with E-state index in [1.54, 1.807) is 24.5 Å². The van der Waals surface area contributed by atoms with Crippen LogP contribution in [-0.2, 0) is 4.79 Å². The lowest BCUT2D eigenvalue weighted by molar-refractivity contribution is -0.120. The van der Waals surface area contributed by atoms with E-state index in [0.29, 0.717) is 25.3 Å². The summed E-state index contributed by atoms with van der Waals surface area (Å²) in [7, 11) is 0. The van der Waals surface area contributed by atoms with Gasteiger partial charge in [-0.3, -0.25) is 4.79 Å². The van der Waals surface area contributed by atoms with E-state index in [-0.39, 0.29) is 11.1 Å². The molecule has 0 radical (unpaired) electrons. The smallest absolute Gasteiger partial charge is 0.266 e. The average molecular weight is 346 g/mol. The van der Waals surface area contributed by atoms with Crippen molar-refractivity contribution in [1.82, 2.24) is 20.3 Å². The van der Waals surface area contributed by atoms with Crippen LogP contribution in [0.5, 0.6) is 0 Å². The molecule has 3 rings (SSSR count). The molecule has 0 saturated carbocycles. The van der Waals surface area contributed by atoms with E-state index in [9.17, 15) is 4.79 Å². The summed E-state index contributed by atoms with van der Waals surface area (Å²) in [5, 5.41) is 8.45. The Labute approximate surface area is 144 Å². The van der Waals surface area contributed by atoms with Gasteiger partial charge in [0, 0.05) is 43.9 Å². The highest BCUT2D eigenvalue weighted by Crippen LogP contribution is 2.22. The number of carbonyl (C=O) groups excluding carboxylic acids is 1. The molecule has 2 aromatic rings. The summed E-state index contributed by atoms with van der Waals surface area (Å²) in [5.74, 6) is 1.58. The highest BCUT2D eigenvalue weighted by molar-refractivity contribution is 6.66. The number of aromatic amines is 1. The molecule has 4 N–H and O–H groups in total. The zero-order valence-electron chi connectivity index (χ0n) is 13.0. The Hall–Kier alpha value is -2.67. The average Bonchev–Trinajstić information content (AvgIpc) is 2.95. The van der Waals surface area contributed by atoms with Crippen molar-refractivity contribution in [2.75, 3.05) is 24.5 Å². The molecule has 1 aliphatic rings. The van der Waals surface area contributed by atoms with Gasteiger partial charge in [0.2, 0.25) is 5.91 Å². The molecule has 24 heavy (non-hydrogen) atoms. The van der Waals surface area contributed by atoms with Crippen molar-refractivity contribution in [1.29, 1.82) is 0 Å². The fourth-order valence-corrected chi connectivity index (χ4v) is 2.54. The number of imidazole rings is 1. The molecule has 1 amide bonds. The van der Waals surface area contributed by atoms with Crippen molar-refractivity contribution in [3.8, 4) is 11.3 Å². The van der Waals surface area contributed by atoms with Gasteiger partial charge in [-0.05, 0) is 29.8 Å². The maximum Gasteiger partial charge on any atom is 0.266 e. The van der Waals surface area contributed by atoms with E-state index in [4.69, 9.17) is 17.0 Å². The lowest BCUT2D eigenvalue weighted by Crippen LogP contribution is -2.34.